The number of sulfonamides is 2. The molecular formula is C19H26N4O6S2. The zero-order chi connectivity index (χ0) is 23.4. The third-order valence-corrected chi connectivity index (χ3v) is 7.35. The number of rotatable bonds is 9. The Labute approximate surface area is 182 Å². The molecule has 0 bridgehead atoms. The summed E-state index contributed by atoms with van der Waals surface area (Å²) in [6, 6.07) is 8.14. The van der Waals surface area contributed by atoms with Crippen LogP contribution in [0, 0.1) is 0 Å². The summed E-state index contributed by atoms with van der Waals surface area (Å²) in [6.07, 6.45) is 0. The molecule has 2 aromatic rings. The molecule has 0 saturated heterocycles. The summed E-state index contributed by atoms with van der Waals surface area (Å²) in [7, 11) is -3.73. The minimum Gasteiger partial charge on any atom is -0.495 e. The van der Waals surface area contributed by atoms with Crippen LogP contribution in [0.3, 0.4) is 0 Å². The molecule has 2 rings (SSSR count). The lowest BCUT2D eigenvalue weighted by Gasteiger charge is -2.17. The molecule has 0 aromatic heterocycles. The number of ether oxygens (including phenoxy) is 1. The van der Waals surface area contributed by atoms with E-state index in [1.807, 2.05) is 6.92 Å². The van der Waals surface area contributed by atoms with Gasteiger partial charge in [0.25, 0.3) is 10.0 Å². The Hall–Kier alpha value is -2.83. The average molecular weight is 471 g/mol. The summed E-state index contributed by atoms with van der Waals surface area (Å²) in [5.74, 6) is -0.0987. The molecule has 12 heteroatoms. The summed E-state index contributed by atoms with van der Waals surface area (Å²) >= 11 is 0. The summed E-state index contributed by atoms with van der Waals surface area (Å²) in [5.41, 5.74) is 0.676. The third kappa shape index (κ3) is 5.66. The Bertz CT molecular complexity index is 1180. The maximum absolute atomic E-state index is 13.0. The Morgan fingerprint density at radius 1 is 0.968 bits per heavy atom. The number of carbonyl (C=O) groups excluding carboxylic acids is 1. The molecule has 0 fully saturated rings. The van der Waals surface area contributed by atoms with E-state index in [2.05, 4.69) is 15.4 Å². The van der Waals surface area contributed by atoms with E-state index >= 15 is 0 Å². The standard InChI is InChI=1S/C19H26N4O6S2/c1-6-20-16-9-7-15(31(27,28)23(3)4)12-17(16)22-30(25,26)14-8-10-19(29-5)18(11-14)21-13(2)24/h7-12,20,22H,6H2,1-5H3,(H,21,24). The number of nitrogens with one attached hydrogen (secondary N) is 3. The van der Waals surface area contributed by atoms with Crippen LogP contribution in [0.15, 0.2) is 46.2 Å². The quantitative estimate of drug-likeness (QED) is 0.511. The molecule has 3 N–H and O–H groups in total. The molecule has 0 aliphatic rings. The van der Waals surface area contributed by atoms with Crippen molar-refractivity contribution in [3.05, 3.63) is 36.4 Å². The van der Waals surface area contributed by atoms with Gasteiger partial charge in [0.1, 0.15) is 5.75 Å². The van der Waals surface area contributed by atoms with Gasteiger partial charge in [-0.25, -0.2) is 21.1 Å². The lowest BCUT2D eigenvalue weighted by atomic mass is 10.2. The topological polar surface area (TPSA) is 134 Å². The Balaban J connectivity index is 2.54. The van der Waals surface area contributed by atoms with Gasteiger partial charge < -0.3 is 15.4 Å². The van der Waals surface area contributed by atoms with Crippen LogP contribution in [-0.4, -0.2) is 54.8 Å². The molecule has 31 heavy (non-hydrogen) atoms. The zero-order valence-electron chi connectivity index (χ0n) is 17.9. The van der Waals surface area contributed by atoms with Gasteiger partial charge in [-0.3, -0.25) is 9.52 Å². The molecule has 0 saturated carbocycles. The van der Waals surface area contributed by atoms with Crippen LogP contribution in [0.4, 0.5) is 17.1 Å². The fraction of sp³-hybridized carbons (Fsp3) is 0.316. The monoisotopic (exact) mass is 470 g/mol. The van der Waals surface area contributed by atoms with Crippen LogP contribution < -0.4 is 20.1 Å². The van der Waals surface area contributed by atoms with E-state index < -0.39 is 26.0 Å². The predicted octanol–water partition coefficient (Wildman–Crippen LogP) is 2.14. The summed E-state index contributed by atoms with van der Waals surface area (Å²) < 4.78 is 59.7. The fourth-order valence-electron chi connectivity index (χ4n) is 2.67. The van der Waals surface area contributed by atoms with Crippen LogP contribution in [-0.2, 0) is 24.8 Å². The van der Waals surface area contributed by atoms with Gasteiger partial charge >= 0.3 is 0 Å². The van der Waals surface area contributed by atoms with E-state index in [1.165, 1.54) is 64.5 Å². The van der Waals surface area contributed by atoms with Gasteiger partial charge in [-0.15, -0.1) is 0 Å². The molecule has 0 heterocycles. The number of hydrogen-bond acceptors (Lipinski definition) is 7. The third-order valence-electron chi connectivity index (χ3n) is 4.17. The smallest absolute Gasteiger partial charge is 0.262 e. The molecule has 1 amide bonds. The van der Waals surface area contributed by atoms with Gasteiger partial charge in [-0.2, -0.15) is 0 Å². The Morgan fingerprint density at radius 3 is 2.13 bits per heavy atom. The van der Waals surface area contributed by atoms with Crippen molar-refractivity contribution in [1.29, 1.82) is 0 Å². The van der Waals surface area contributed by atoms with E-state index in [-0.39, 0.29) is 21.2 Å². The summed E-state index contributed by atoms with van der Waals surface area (Å²) in [5, 5.41) is 5.52. The van der Waals surface area contributed by atoms with Gasteiger partial charge in [0.15, 0.2) is 0 Å². The number of benzene rings is 2. The Morgan fingerprint density at radius 2 is 1.58 bits per heavy atom. The molecule has 0 aliphatic heterocycles. The second-order valence-corrected chi connectivity index (χ2v) is 10.5. The highest BCUT2D eigenvalue weighted by Crippen LogP contribution is 2.31. The zero-order valence-corrected chi connectivity index (χ0v) is 19.5. The van der Waals surface area contributed by atoms with Crippen LogP contribution in [0.5, 0.6) is 5.75 Å². The highest BCUT2D eigenvalue weighted by atomic mass is 32.2. The lowest BCUT2D eigenvalue weighted by molar-refractivity contribution is -0.114. The van der Waals surface area contributed by atoms with Gasteiger partial charge in [0, 0.05) is 27.6 Å². The van der Waals surface area contributed by atoms with Crippen LogP contribution >= 0.6 is 0 Å². The van der Waals surface area contributed by atoms with Crippen molar-refractivity contribution in [2.45, 2.75) is 23.6 Å². The number of nitrogens with zero attached hydrogens (tertiary/aromatic N) is 1. The summed E-state index contributed by atoms with van der Waals surface area (Å²) in [4.78, 5) is 11.2. The first-order chi connectivity index (χ1) is 14.4. The van der Waals surface area contributed by atoms with Crippen molar-refractivity contribution in [3.8, 4) is 5.75 Å². The number of carbonyl (C=O) groups is 1. The normalized spacial score (nSPS) is 11.8. The Kier molecular flexibility index (Phi) is 7.52. The highest BCUT2D eigenvalue weighted by molar-refractivity contribution is 7.92. The average Bonchev–Trinajstić information content (AvgIpc) is 2.68. The van der Waals surface area contributed by atoms with E-state index in [1.54, 1.807) is 0 Å². The molecule has 170 valence electrons. The van der Waals surface area contributed by atoms with Crippen molar-refractivity contribution >= 4 is 43.0 Å². The second kappa shape index (κ2) is 9.54. The van der Waals surface area contributed by atoms with Crippen molar-refractivity contribution < 1.29 is 26.4 Å². The number of hydrogen-bond donors (Lipinski definition) is 3. The molecule has 0 unspecified atom stereocenters. The first kappa shape index (κ1) is 24.4. The molecule has 10 nitrogen and oxygen atoms in total. The maximum atomic E-state index is 13.0. The lowest BCUT2D eigenvalue weighted by Crippen LogP contribution is -2.23. The second-order valence-electron chi connectivity index (χ2n) is 6.67. The molecule has 0 radical (unpaired) electrons. The van der Waals surface area contributed by atoms with E-state index in [4.69, 9.17) is 4.74 Å². The molecular weight excluding hydrogens is 444 g/mol. The van der Waals surface area contributed by atoms with E-state index in [0.717, 1.165) is 4.31 Å². The first-order valence-corrected chi connectivity index (χ1v) is 12.1. The molecule has 0 aliphatic carbocycles. The SMILES string of the molecule is CCNc1ccc(S(=O)(=O)N(C)C)cc1NS(=O)(=O)c1ccc(OC)c(NC(C)=O)c1. The minimum absolute atomic E-state index is 0.0643. The van der Waals surface area contributed by atoms with Crippen molar-refractivity contribution in [1.82, 2.24) is 4.31 Å². The van der Waals surface area contributed by atoms with Crippen LogP contribution in [0.25, 0.3) is 0 Å². The molecule has 0 atom stereocenters. The number of anilines is 3. The number of amides is 1. The van der Waals surface area contributed by atoms with E-state index in [9.17, 15) is 21.6 Å². The van der Waals surface area contributed by atoms with Crippen molar-refractivity contribution in [3.63, 3.8) is 0 Å². The van der Waals surface area contributed by atoms with Gasteiger partial charge in [0.05, 0.1) is 34.0 Å². The van der Waals surface area contributed by atoms with Crippen molar-refractivity contribution in [2.24, 2.45) is 0 Å². The summed E-state index contributed by atoms with van der Waals surface area (Å²) in [6.45, 7) is 3.61. The maximum Gasteiger partial charge on any atom is 0.262 e. The first-order valence-electron chi connectivity index (χ1n) is 9.21. The highest BCUT2D eigenvalue weighted by Gasteiger charge is 2.22. The minimum atomic E-state index is -4.13. The van der Waals surface area contributed by atoms with Crippen LogP contribution in [0.2, 0.25) is 0 Å². The van der Waals surface area contributed by atoms with Gasteiger partial charge in [0.2, 0.25) is 15.9 Å². The fourth-order valence-corrected chi connectivity index (χ4v) is 4.69. The van der Waals surface area contributed by atoms with Crippen LogP contribution in [0.1, 0.15) is 13.8 Å². The van der Waals surface area contributed by atoms with Gasteiger partial charge in [-0.1, -0.05) is 0 Å². The molecule has 0 spiro atoms. The van der Waals surface area contributed by atoms with Crippen molar-refractivity contribution in [2.75, 3.05) is 43.1 Å². The predicted molar refractivity (Wildman–Crippen MR) is 120 cm³/mol. The van der Waals surface area contributed by atoms with E-state index in [0.29, 0.717) is 18.0 Å². The molecule has 2 aromatic carbocycles. The number of methoxy groups -OCH3 is 1. The van der Waals surface area contributed by atoms with Gasteiger partial charge in [-0.05, 0) is 43.3 Å². The largest absolute Gasteiger partial charge is 0.495 e.